The highest BCUT2D eigenvalue weighted by Crippen LogP contribution is 2.34. The van der Waals surface area contributed by atoms with Crippen LogP contribution in [-0.4, -0.2) is 46.6 Å². The van der Waals surface area contributed by atoms with E-state index < -0.39 is 5.97 Å². The lowest BCUT2D eigenvalue weighted by Crippen LogP contribution is -2.44. The maximum Gasteiger partial charge on any atom is 0.300 e. The molecule has 4 rings (SSSR count). The van der Waals surface area contributed by atoms with Gasteiger partial charge in [-0.1, -0.05) is 24.3 Å². The Labute approximate surface area is 130 Å². The lowest BCUT2D eigenvalue weighted by Gasteiger charge is -2.29. The standard InChI is InChI=1S/C15H18N2O.C2H4O2/c18-15-9-13-14(5-6-16-13)17(15)12-7-10-3-1-2-4-11(10)8-12;1-2(3)4/h1-4,12-14,16H,5-9H2;1H3,(H,3,4)/t13-,14-;/m1./s1. The number of hydrogen-bond donors (Lipinski definition) is 2. The molecule has 0 unspecified atom stereocenters. The molecule has 0 saturated carbocycles. The summed E-state index contributed by atoms with van der Waals surface area (Å²) in [6.07, 6.45) is 3.93. The van der Waals surface area contributed by atoms with Crippen LogP contribution in [0.15, 0.2) is 24.3 Å². The number of carboxylic acids is 1. The molecule has 5 nitrogen and oxygen atoms in total. The summed E-state index contributed by atoms with van der Waals surface area (Å²) >= 11 is 0. The minimum atomic E-state index is -0.833. The highest BCUT2D eigenvalue weighted by Gasteiger charge is 2.46. The highest BCUT2D eigenvalue weighted by atomic mass is 16.4. The minimum absolute atomic E-state index is 0.356. The molecule has 2 fully saturated rings. The number of nitrogens with zero attached hydrogens (tertiary/aromatic N) is 1. The van der Waals surface area contributed by atoms with Crippen molar-refractivity contribution in [1.82, 2.24) is 10.2 Å². The van der Waals surface area contributed by atoms with E-state index in [1.165, 1.54) is 11.1 Å². The Bertz CT molecular complexity index is 558. The smallest absolute Gasteiger partial charge is 0.300 e. The maximum absolute atomic E-state index is 12.2. The van der Waals surface area contributed by atoms with Gasteiger partial charge in [-0.3, -0.25) is 9.59 Å². The molecule has 0 spiro atoms. The zero-order valence-electron chi connectivity index (χ0n) is 12.8. The Balaban J connectivity index is 0.000000325. The van der Waals surface area contributed by atoms with Gasteiger partial charge < -0.3 is 15.3 Å². The molecule has 1 amide bonds. The van der Waals surface area contributed by atoms with Gasteiger partial charge in [-0.05, 0) is 36.9 Å². The third-order valence-electron chi connectivity index (χ3n) is 4.77. The third kappa shape index (κ3) is 2.86. The van der Waals surface area contributed by atoms with E-state index in [4.69, 9.17) is 9.90 Å². The van der Waals surface area contributed by atoms with Gasteiger partial charge in [-0.2, -0.15) is 0 Å². The predicted octanol–water partition coefficient (Wildman–Crippen LogP) is 1.21. The quantitative estimate of drug-likeness (QED) is 0.818. The largest absolute Gasteiger partial charge is 0.481 e. The highest BCUT2D eigenvalue weighted by molar-refractivity contribution is 5.81. The number of rotatable bonds is 1. The fraction of sp³-hybridized carbons (Fsp3) is 0.529. The minimum Gasteiger partial charge on any atom is -0.481 e. The Kier molecular flexibility index (Phi) is 4.16. The van der Waals surface area contributed by atoms with Crippen molar-refractivity contribution in [2.75, 3.05) is 6.54 Å². The van der Waals surface area contributed by atoms with Crippen LogP contribution in [0, 0.1) is 0 Å². The molecule has 0 radical (unpaired) electrons. The Hall–Kier alpha value is -1.88. The number of likely N-dealkylation sites (tertiary alicyclic amines) is 1. The lowest BCUT2D eigenvalue weighted by molar-refractivity contribution is -0.134. The topological polar surface area (TPSA) is 69.6 Å². The van der Waals surface area contributed by atoms with Gasteiger partial charge in [0.25, 0.3) is 5.97 Å². The summed E-state index contributed by atoms with van der Waals surface area (Å²) in [5.74, 6) is -0.477. The van der Waals surface area contributed by atoms with Crippen LogP contribution in [0.25, 0.3) is 0 Å². The Morgan fingerprint density at radius 3 is 2.41 bits per heavy atom. The van der Waals surface area contributed by atoms with Crippen molar-refractivity contribution < 1.29 is 14.7 Å². The van der Waals surface area contributed by atoms with Crippen molar-refractivity contribution in [3.63, 3.8) is 0 Å². The molecule has 118 valence electrons. The van der Waals surface area contributed by atoms with E-state index in [1.807, 2.05) is 0 Å². The van der Waals surface area contributed by atoms with E-state index in [9.17, 15) is 4.79 Å². The maximum atomic E-state index is 12.2. The molecule has 2 saturated heterocycles. The number of benzene rings is 1. The average molecular weight is 302 g/mol. The molecule has 0 aromatic heterocycles. The number of aliphatic carboxylic acids is 1. The van der Waals surface area contributed by atoms with Crippen LogP contribution >= 0.6 is 0 Å². The summed E-state index contributed by atoms with van der Waals surface area (Å²) in [5, 5.41) is 10.9. The molecule has 5 heteroatoms. The first-order valence-corrected chi connectivity index (χ1v) is 7.87. The number of nitrogens with one attached hydrogen (secondary N) is 1. The number of hydrogen-bond acceptors (Lipinski definition) is 3. The molecule has 3 aliphatic rings. The zero-order chi connectivity index (χ0) is 15.7. The van der Waals surface area contributed by atoms with E-state index in [1.54, 1.807) is 0 Å². The first kappa shape index (κ1) is 15.0. The molecular formula is C17H22N2O3. The number of fused-ring (bicyclic) bond motifs is 2. The molecule has 2 heterocycles. The van der Waals surface area contributed by atoms with E-state index in [-0.39, 0.29) is 0 Å². The molecular weight excluding hydrogens is 280 g/mol. The van der Waals surface area contributed by atoms with Crippen LogP contribution in [-0.2, 0) is 22.4 Å². The second-order valence-corrected chi connectivity index (χ2v) is 6.27. The molecule has 2 N–H and O–H groups in total. The van der Waals surface area contributed by atoms with Crippen molar-refractivity contribution in [2.45, 2.75) is 50.7 Å². The van der Waals surface area contributed by atoms with E-state index >= 15 is 0 Å². The van der Waals surface area contributed by atoms with Gasteiger partial charge in [-0.25, -0.2) is 0 Å². The molecule has 1 aromatic carbocycles. The van der Waals surface area contributed by atoms with Gasteiger partial charge in [0.2, 0.25) is 5.91 Å². The van der Waals surface area contributed by atoms with Gasteiger partial charge in [0.05, 0.1) is 0 Å². The van der Waals surface area contributed by atoms with Crippen LogP contribution in [0.1, 0.15) is 30.9 Å². The lowest BCUT2D eigenvalue weighted by atomic mass is 10.1. The van der Waals surface area contributed by atoms with Crippen molar-refractivity contribution in [2.24, 2.45) is 0 Å². The number of amides is 1. The molecule has 1 aliphatic carbocycles. The number of carboxylic acid groups (broad SMARTS) is 1. The second kappa shape index (κ2) is 6.08. The summed E-state index contributed by atoms with van der Waals surface area (Å²) in [6.45, 7) is 2.15. The summed E-state index contributed by atoms with van der Waals surface area (Å²) in [4.78, 5) is 23.4. The van der Waals surface area contributed by atoms with E-state index in [0.717, 1.165) is 32.7 Å². The Morgan fingerprint density at radius 1 is 1.23 bits per heavy atom. The monoisotopic (exact) mass is 302 g/mol. The predicted molar refractivity (Wildman–Crippen MR) is 82.6 cm³/mol. The first-order valence-electron chi connectivity index (χ1n) is 7.87. The van der Waals surface area contributed by atoms with Gasteiger partial charge >= 0.3 is 0 Å². The van der Waals surface area contributed by atoms with Crippen molar-refractivity contribution in [1.29, 1.82) is 0 Å². The van der Waals surface area contributed by atoms with Gasteiger partial charge in [0, 0.05) is 31.5 Å². The molecule has 1 aromatic rings. The van der Waals surface area contributed by atoms with Crippen LogP contribution < -0.4 is 5.32 Å². The summed E-state index contributed by atoms with van der Waals surface area (Å²) < 4.78 is 0. The van der Waals surface area contributed by atoms with E-state index in [0.29, 0.717) is 30.5 Å². The van der Waals surface area contributed by atoms with Gasteiger partial charge in [-0.15, -0.1) is 0 Å². The third-order valence-corrected chi connectivity index (χ3v) is 4.77. The summed E-state index contributed by atoms with van der Waals surface area (Å²) in [5.41, 5.74) is 2.87. The molecule has 22 heavy (non-hydrogen) atoms. The van der Waals surface area contributed by atoms with Crippen LogP contribution in [0.2, 0.25) is 0 Å². The fourth-order valence-corrected chi connectivity index (χ4v) is 3.98. The van der Waals surface area contributed by atoms with E-state index in [2.05, 4.69) is 34.5 Å². The van der Waals surface area contributed by atoms with Crippen LogP contribution in [0.5, 0.6) is 0 Å². The first-order chi connectivity index (χ1) is 10.6. The van der Waals surface area contributed by atoms with Gasteiger partial charge in [0.15, 0.2) is 0 Å². The van der Waals surface area contributed by atoms with Gasteiger partial charge in [0.1, 0.15) is 0 Å². The second-order valence-electron chi connectivity index (χ2n) is 6.27. The summed E-state index contributed by atoms with van der Waals surface area (Å²) in [6, 6.07) is 9.91. The van der Waals surface area contributed by atoms with Crippen LogP contribution in [0.3, 0.4) is 0 Å². The number of carbonyl (C=O) groups excluding carboxylic acids is 1. The zero-order valence-corrected chi connectivity index (χ0v) is 12.8. The average Bonchev–Trinajstić information content (AvgIpc) is 3.10. The fourth-order valence-electron chi connectivity index (χ4n) is 3.98. The van der Waals surface area contributed by atoms with Crippen molar-refractivity contribution >= 4 is 11.9 Å². The Morgan fingerprint density at radius 2 is 1.82 bits per heavy atom. The van der Waals surface area contributed by atoms with Crippen LogP contribution in [0.4, 0.5) is 0 Å². The summed E-state index contributed by atoms with van der Waals surface area (Å²) in [7, 11) is 0. The van der Waals surface area contributed by atoms with Crippen molar-refractivity contribution in [3.05, 3.63) is 35.4 Å². The SMILES string of the molecule is CC(=O)O.O=C1C[C@H]2NCC[C@H]2N1C1Cc2ccccc2C1. The normalized spacial score (nSPS) is 26.4. The molecule has 2 aliphatic heterocycles. The number of carbonyl (C=O) groups is 2. The van der Waals surface area contributed by atoms with Crippen molar-refractivity contribution in [3.8, 4) is 0 Å². The molecule has 0 bridgehead atoms. The molecule has 2 atom stereocenters.